The molecule has 98 valence electrons. The van der Waals surface area contributed by atoms with Crippen molar-refractivity contribution in [2.75, 3.05) is 6.54 Å². The molecule has 3 heteroatoms. The van der Waals surface area contributed by atoms with Crippen molar-refractivity contribution >= 4 is 5.91 Å². The molecule has 1 aliphatic rings. The van der Waals surface area contributed by atoms with Crippen molar-refractivity contribution in [2.45, 2.75) is 38.6 Å². The van der Waals surface area contributed by atoms with E-state index in [1.54, 1.807) is 0 Å². The number of amides is 1. The van der Waals surface area contributed by atoms with Gasteiger partial charge in [-0.3, -0.25) is 4.79 Å². The molecule has 0 heterocycles. The normalized spacial score (nSPS) is 16.5. The molecule has 0 unspecified atom stereocenters. The van der Waals surface area contributed by atoms with Crippen molar-refractivity contribution in [2.24, 2.45) is 11.7 Å². The smallest absolute Gasteiger partial charge is 0.251 e. The fourth-order valence-corrected chi connectivity index (χ4v) is 2.52. The summed E-state index contributed by atoms with van der Waals surface area (Å²) in [5.74, 6) is 0.704. The quantitative estimate of drug-likeness (QED) is 0.857. The predicted molar refractivity (Wildman–Crippen MR) is 73.2 cm³/mol. The molecule has 0 saturated heterocycles. The minimum absolute atomic E-state index is 0.0316. The zero-order valence-electron chi connectivity index (χ0n) is 10.8. The van der Waals surface area contributed by atoms with Gasteiger partial charge in [-0.2, -0.15) is 0 Å². The van der Waals surface area contributed by atoms with E-state index >= 15 is 0 Å². The molecule has 0 radical (unpaired) electrons. The van der Waals surface area contributed by atoms with Gasteiger partial charge in [0.05, 0.1) is 0 Å². The number of hydrogen-bond acceptors (Lipinski definition) is 2. The van der Waals surface area contributed by atoms with Gasteiger partial charge in [0.15, 0.2) is 0 Å². The Bertz CT molecular complexity index is 380. The summed E-state index contributed by atoms with van der Waals surface area (Å²) in [5, 5.41) is 3.04. The Kier molecular flexibility index (Phi) is 4.76. The molecule has 0 aromatic heterocycles. The number of rotatable bonds is 4. The van der Waals surface area contributed by atoms with E-state index < -0.39 is 0 Å². The van der Waals surface area contributed by atoms with Crippen LogP contribution in [-0.4, -0.2) is 12.5 Å². The summed E-state index contributed by atoms with van der Waals surface area (Å²) in [5.41, 5.74) is 7.31. The molecule has 0 bridgehead atoms. The molecular formula is C15H22N2O. The van der Waals surface area contributed by atoms with Crippen molar-refractivity contribution in [3.05, 3.63) is 35.4 Å². The van der Waals surface area contributed by atoms with Crippen LogP contribution in [-0.2, 0) is 6.54 Å². The van der Waals surface area contributed by atoms with Crippen molar-refractivity contribution in [3.8, 4) is 0 Å². The lowest BCUT2D eigenvalue weighted by Gasteiger charge is -2.21. The van der Waals surface area contributed by atoms with Crippen molar-refractivity contribution in [1.82, 2.24) is 5.32 Å². The van der Waals surface area contributed by atoms with Gasteiger partial charge in [-0.25, -0.2) is 0 Å². The average molecular weight is 246 g/mol. The highest BCUT2D eigenvalue weighted by molar-refractivity contribution is 5.94. The maximum absolute atomic E-state index is 11.9. The van der Waals surface area contributed by atoms with E-state index in [1.165, 1.54) is 32.1 Å². The maximum Gasteiger partial charge on any atom is 0.251 e. The highest BCUT2D eigenvalue weighted by Crippen LogP contribution is 2.22. The Morgan fingerprint density at radius 3 is 2.44 bits per heavy atom. The standard InChI is InChI=1S/C15H22N2O/c16-10-12-6-8-14(9-7-12)15(18)17-11-13-4-2-1-3-5-13/h6-9,13H,1-5,10-11,16H2,(H,17,18). The summed E-state index contributed by atoms with van der Waals surface area (Å²) in [6.07, 6.45) is 6.49. The van der Waals surface area contributed by atoms with Crippen LogP contribution in [0.2, 0.25) is 0 Å². The lowest BCUT2D eigenvalue weighted by molar-refractivity contribution is 0.0943. The number of nitrogens with one attached hydrogen (secondary N) is 1. The first-order valence-corrected chi connectivity index (χ1v) is 6.87. The molecule has 0 aliphatic heterocycles. The molecule has 1 aromatic carbocycles. The van der Waals surface area contributed by atoms with Gasteiger partial charge in [-0.15, -0.1) is 0 Å². The molecule has 0 atom stereocenters. The number of nitrogens with two attached hydrogens (primary N) is 1. The van der Waals surface area contributed by atoms with Crippen molar-refractivity contribution in [1.29, 1.82) is 0 Å². The van der Waals surface area contributed by atoms with Crippen LogP contribution < -0.4 is 11.1 Å². The molecule has 3 N–H and O–H groups in total. The van der Waals surface area contributed by atoms with E-state index in [0.717, 1.165) is 17.7 Å². The van der Waals surface area contributed by atoms with Crippen LogP contribution in [0, 0.1) is 5.92 Å². The second-order valence-corrected chi connectivity index (χ2v) is 5.12. The van der Waals surface area contributed by atoms with Crippen LogP contribution in [0.4, 0.5) is 0 Å². The summed E-state index contributed by atoms with van der Waals surface area (Å²) in [6, 6.07) is 7.52. The third kappa shape index (κ3) is 3.57. The van der Waals surface area contributed by atoms with Gasteiger partial charge in [0.25, 0.3) is 5.91 Å². The van der Waals surface area contributed by atoms with Crippen LogP contribution >= 0.6 is 0 Å². The molecule has 1 saturated carbocycles. The van der Waals surface area contributed by atoms with Crippen LogP contribution in [0.3, 0.4) is 0 Å². The fourth-order valence-electron chi connectivity index (χ4n) is 2.52. The third-order valence-electron chi connectivity index (χ3n) is 3.73. The second-order valence-electron chi connectivity index (χ2n) is 5.12. The molecule has 1 aromatic rings. The molecular weight excluding hydrogens is 224 g/mol. The third-order valence-corrected chi connectivity index (χ3v) is 3.73. The zero-order valence-corrected chi connectivity index (χ0v) is 10.8. The van der Waals surface area contributed by atoms with E-state index in [4.69, 9.17) is 5.73 Å². The fraction of sp³-hybridized carbons (Fsp3) is 0.533. The summed E-state index contributed by atoms with van der Waals surface area (Å²) in [4.78, 5) is 11.9. The van der Waals surface area contributed by atoms with Gasteiger partial charge in [0.1, 0.15) is 0 Å². The van der Waals surface area contributed by atoms with E-state index in [-0.39, 0.29) is 5.91 Å². The Morgan fingerprint density at radius 1 is 1.17 bits per heavy atom. The molecule has 1 amide bonds. The SMILES string of the molecule is NCc1ccc(C(=O)NCC2CCCCC2)cc1. The molecule has 3 nitrogen and oxygen atoms in total. The number of carbonyl (C=O) groups is 1. The minimum Gasteiger partial charge on any atom is -0.352 e. The summed E-state index contributed by atoms with van der Waals surface area (Å²) < 4.78 is 0. The molecule has 0 spiro atoms. The topological polar surface area (TPSA) is 55.1 Å². The van der Waals surface area contributed by atoms with Gasteiger partial charge in [-0.05, 0) is 36.5 Å². The summed E-state index contributed by atoms with van der Waals surface area (Å²) in [7, 11) is 0. The Morgan fingerprint density at radius 2 is 1.83 bits per heavy atom. The Labute approximate surface area is 109 Å². The lowest BCUT2D eigenvalue weighted by atomic mass is 9.89. The van der Waals surface area contributed by atoms with Crippen molar-refractivity contribution in [3.63, 3.8) is 0 Å². The minimum atomic E-state index is 0.0316. The average Bonchev–Trinajstić information content (AvgIpc) is 2.46. The molecule has 18 heavy (non-hydrogen) atoms. The zero-order chi connectivity index (χ0) is 12.8. The lowest BCUT2D eigenvalue weighted by Crippen LogP contribution is -2.30. The second kappa shape index (κ2) is 6.55. The van der Waals surface area contributed by atoms with Gasteiger partial charge >= 0.3 is 0 Å². The van der Waals surface area contributed by atoms with Crippen molar-refractivity contribution < 1.29 is 4.79 Å². The van der Waals surface area contributed by atoms with E-state index in [2.05, 4.69) is 5.32 Å². The monoisotopic (exact) mass is 246 g/mol. The van der Waals surface area contributed by atoms with Crippen LogP contribution in [0.1, 0.15) is 48.0 Å². The first kappa shape index (κ1) is 13.1. The molecule has 1 fully saturated rings. The first-order chi connectivity index (χ1) is 8.79. The van der Waals surface area contributed by atoms with Crippen LogP contribution in [0.15, 0.2) is 24.3 Å². The van der Waals surface area contributed by atoms with Gasteiger partial charge in [0.2, 0.25) is 0 Å². The van der Waals surface area contributed by atoms with E-state index in [9.17, 15) is 4.79 Å². The predicted octanol–water partition coefficient (Wildman–Crippen LogP) is 2.46. The van der Waals surface area contributed by atoms with Gasteiger partial charge in [-0.1, -0.05) is 31.4 Å². The molecule has 2 rings (SSSR count). The van der Waals surface area contributed by atoms with Crippen LogP contribution in [0.5, 0.6) is 0 Å². The van der Waals surface area contributed by atoms with Gasteiger partial charge in [0, 0.05) is 18.7 Å². The Hall–Kier alpha value is -1.35. The summed E-state index contributed by atoms with van der Waals surface area (Å²) in [6.45, 7) is 1.33. The Balaban J connectivity index is 1.82. The molecule has 1 aliphatic carbocycles. The highest BCUT2D eigenvalue weighted by atomic mass is 16.1. The van der Waals surface area contributed by atoms with E-state index in [0.29, 0.717) is 12.5 Å². The van der Waals surface area contributed by atoms with Gasteiger partial charge < -0.3 is 11.1 Å². The van der Waals surface area contributed by atoms with Crippen LogP contribution in [0.25, 0.3) is 0 Å². The first-order valence-electron chi connectivity index (χ1n) is 6.87. The van der Waals surface area contributed by atoms with E-state index in [1.807, 2.05) is 24.3 Å². The maximum atomic E-state index is 11.9. The summed E-state index contributed by atoms with van der Waals surface area (Å²) >= 11 is 0. The number of carbonyl (C=O) groups excluding carboxylic acids is 1. The largest absolute Gasteiger partial charge is 0.352 e. The number of benzene rings is 1. The number of hydrogen-bond donors (Lipinski definition) is 2. The highest BCUT2D eigenvalue weighted by Gasteiger charge is 2.14.